The van der Waals surface area contributed by atoms with E-state index in [-0.39, 0.29) is 6.42 Å². The van der Waals surface area contributed by atoms with E-state index in [0.29, 0.717) is 12.8 Å². The summed E-state index contributed by atoms with van der Waals surface area (Å²) in [4.78, 5) is 10.2. The van der Waals surface area contributed by atoms with Crippen LogP contribution in [-0.4, -0.2) is 23.0 Å². The maximum absolute atomic E-state index is 12.9. The van der Waals surface area contributed by atoms with Crippen LogP contribution in [0.5, 0.6) is 0 Å². The highest BCUT2D eigenvalue weighted by Crippen LogP contribution is 2.26. The van der Waals surface area contributed by atoms with Gasteiger partial charge in [-0.05, 0) is 6.42 Å². The molecule has 1 unspecified atom stereocenters. The van der Waals surface area contributed by atoms with Gasteiger partial charge in [-0.15, -0.1) is 0 Å². The maximum atomic E-state index is 12.9. The molecule has 3 nitrogen and oxygen atoms in total. The summed E-state index contributed by atoms with van der Waals surface area (Å²) in [6.45, 7) is 1.80. The second-order valence-corrected chi connectivity index (χ2v) is 3.11. The number of aliphatic carboxylic acids is 1. The van der Waals surface area contributed by atoms with Crippen molar-refractivity contribution in [2.75, 3.05) is 0 Å². The molecule has 1 atom stereocenters. The average Bonchev–Trinajstić information content (AvgIpc) is 2.00. The molecular formula is C8H15F2NO2. The molecule has 0 amide bonds. The monoisotopic (exact) mass is 195 g/mol. The van der Waals surface area contributed by atoms with E-state index < -0.39 is 24.4 Å². The van der Waals surface area contributed by atoms with E-state index in [2.05, 4.69) is 0 Å². The minimum absolute atomic E-state index is 0.287. The van der Waals surface area contributed by atoms with Gasteiger partial charge < -0.3 is 10.8 Å². The molecule has 0 rings (SSSR count). The van der Waals surface area contributed by atoms with Gasteiger partial charge in [-0.25, -0.2) is 8.78 Å². The number of nitrogens with two attached hydrogens (primary N) is 1. The van der Waals surface area contributed by atoms with E-state index in [1.165, 1.54) is 0 Å². The molecule has 78 valence electrons. The summed E-state index contributed by atoms with van der Waals surface area (Å²) in [7, 11) is 0. The highest BCUT2D eigenvalue weighted by molar-refractivity contribution is 5.73. The van der Waals surface area contributed by atoms with Crippen LogP contribution in [0.1, 0.15) is 32.6 Å². The van der Waals surface area contributed by atoms with E-state index in [1.807, 2.05) is 0 Å². The third-order valence-corrected chi connectivity index (χ3v) is 1.73. The van der Waals surface area contributed by atoms with E-state index in [9.17, 15) is 13.6 Å². The second-order valence-electron chi connectivity index (χ2n) is 3.11. The van der Waals surface area contributed by atoms with Crippen molar-refractivity contribution < 1.29 is 18.7 Å². The molecule has 0 spiro atoms. The van der Waals surface area contributed by atoms with Crippen molar-refractivity contribution in [1.82, 2.24) is 0 Å². The molecule has 3 N–H and O–H groups in total. The van der Waals surface area contributed by atoms with Crippen LogP contribution in [0.15, 0.2) is 0 Å². The number of hydrogen-bond acceptors (Lipinski definition) is 2. The fourth-order valence-corrected chi connectivity index (χ4v) is 0.947. The predicted octanol–water partition coefficient (Wildman–Crippen LogP) is 1.61. The Kier molecular flexibility index (Phi) is 4.83. The van der Waals surface area contributed by atoms with Gasteiger partial charge in [0.05, 0.1) is 0 Å². The van der Waals surface area contributed by atoms with Crippen molar-refractivity contribution in [1.29, 1.82) is 0 Å². The summed E-state index contributed by atoms with van der Waals surface area (Å²) < 4.78 is 25.8. The quantitative estimate of drug-likeness (QED) is 0.676. The Balaban J connectivity index is 3.93. The third-order valence-electron chi connectivity index (χ3n) is 1.73. The van der Waals surface area contributed by atoms with E-state index in [1.54, 1.807) is 6.92 Å². The standard InChI is InChI=1S/C8H15F2NO2/c1-2-3-4-8(9,10)5-6(11)7(12)13/h6H,2-5,11H2,1H3,(H,12,13). The van der Waals surface area contributed by atoms with E-state index in [4.69, 9.17) is 10.8 Å². The van der Waals surface area contributed by atoms with Crippen LogP contribution in [-0.2, 0) is 4.79 Å². The van der Waals surface area contributed by atoms with Crippen LogP contribution in [0.25, 0.3) is 0 Å². The third kappa shape index (κ3) is 5.52. The van der Waals surface area contributed by atoms with Crippen LogP contribution >= 0.6 is 0 Å². The number of rotatable bonds is 6. The van der Waals surface area contributed by atoms with Gasteiger partial charge in [0.1, 0.15) is 6.04 Å². The van der Waals surface area contributed by atoms with Gasteiger partial charge in [0, 0.05) is 12.8 Å². The number of carboxylic acid groups (broad SMARTS) is 1. The Bertz CT molecular complexity index is 174. The lowest BCUT2D eigenvalue weighted by Gasteiger charge is -2.17. The summed E-state index contributed by atoms with van der Waals surface area (Å²) in [5.41, 5.74) is 4.99. The summed E-state index contributed by atoms with van der Waals surface area (Å²) in [6.07, 6.45) is -0.00987. The van der Waals surface area contributed by atoms with Gasteiger partial charge in [0.2, 0.25) is 5.92 Å². The lowest BCUT2D eigenvalue weighted by molar-refractivity contribution is -0.141. The zero-order valence-corrected chi connectivity index (χ0v) is 7.59. The SMILES string of the molecule is CCCCC(F)(F)CC(N)C(=O)O. The van der Waals surface area contributed by atoms with Crippen molar-refractivity contribution >= 4 is 5.97 Å². The van der Waals surface area contributed by atoms with Gasteiger partial charge in [0.15, 0.2) is 0 Å². The van der Waals surface area contributed by atoms with Crippen molar-refractivity contribution in [3.05, 3.63) is 0 Å². The zero-order valence-electron chi connectivity index (χ0n) is 7.59. The first kappa shape index (κ1) is 12.3. The van der Waals surface area contributed by atoms with Crippen molar-refractivity contribution in [3.63, 3.8) is 0 Å². The normalized spacial score (nSPS) is 14.2. The van der Waals surface area contributed by atoms with Crippen molar-refractivity contribution in [2.24, 2.45) is 5.73 Å². The van der Waals surface area contributed by atoms with Crippen LogP contribution in [0.3, 0.4) is 0 Å². The van der Waals surface area contributed by atoms with Crippen LogP contribution < -0.4 is 5.73 Å². The summed E-state index contributed by atoms with van der Waals surface area (Å²) in [6, 6.07) is -1.47. The highest BCUT2D eigenvalue weighted by Gasteiger charge is 2.32. The molecule has 0 aromatic carbocycles. The number of carboxylic acids is 1. The molecule has 0 aliphatic heterocycles. The lowest BCUT2D eigenvalue weighted by atomic mass is 10.0. The van der Waals surface area contributed by atoms with Gasteiger partial charge in [0.25, 0.3) is 0 Å². The zero-order chi connectivity index (χ0) is 10.5. The first-order valence-electron chi connectivity index (χ1n) is 4.25. The average molecular weight is 195 g/mol. The van der Waals surface area contributed by atoms with Gasteiger partial charge >= 0.3 is 5.97 Å². The topological polar surface area (TPSA) is 63.3 Å². The molecule has 0 aromatic rings. The Labute approximate surface area is 75.9 Å². The molecule has 0 aromatic heterocycles. The lowest BCUT2D eigenvalue weighted by Crippen LogP contribution is -2.36. The molecule has 13 heavy (non-hydrogen) atoms. The molecule has 0 bridgehead atoms. The van der Waals surface area contributed by atoms with Gasteiger partial charge in [-0.3, -0.25) is 4.79 Å². The maximum Gasteiger partial charge on any atom is 0.320 e. The summed E-state index contributed by atoms with van der Waals surface area (Å²) in [5.74, 6) is -4.33. The fraction of sp³-hybridized carbons (Fsp3) is 0.875. The van der Waals surface area contributed by atoms with Crippen LogP contribution in [0.4, 0.5) is 8.78 Å². The Morgan fingerprint density at radius 3 is 2.54 bits per heavy atom. The highest BCUT2D eigenvalue weighted by atomic mass is 19.3. The number of carbonyl (C=O) groups is 1. The Hall–Kier alpha value is -0.710. The number of alkyl halides is 2. The molecule has 0 aliphatic carbocycles. The molecule has 0 aliphatic rings. The number of unbranched alkanes of at least 4 members (excludes halogenated alkanes) is 1. The Morgan fingerprint density at radius 1 is 1.62 bits per heavy atom. The predicted molar refractivity (Wildman–Crippen MR) is 44.7 cm³/mol. The molecule has 0 fully saturated rings. The Morgan fingerprint density at radius 2 is 2.15 bits per heavy atom. The molecule has 0 radical (unpaired) electrons. The van der Waals surface area contributed by atoms with Crippen LogP contribution in [0.2, 0.25) is 0 Å². The van der Waals surface area contributed by atoms with Crippen molar-refractivity contribution in [2.45, 2.75) is 44.6 Å². The largest absolute Gasteiger partial charge is 0.480 e. The van der Waals surface area contributed by atoms with Crippen molar-refractivity contribution in [3.8, 4) is 0 Å². The van der Waals surface area contributed by atoms with E-state index in [0.717, 1.165) is 0 Å². The minimum atomic E-state index is -2.95. The first-order valence-corrected chi connectivity index (χ1v) is 4.25. The molecule has 0 heterocycles. The van der Waals surface area contributed by atoms with Crippen LogP contribution in [0, 0.1) is 0 Å². The molecule has 0 saturated heterocycles. The first-order chi connectivity index (χ1) is 5.89. The fourth-order valence-electron chi connectivity index (χ4n) is 0.947. The molecular weight excluding hydrogens is 180 g/mol. The minimum Gasteiger partial charge on any atom is -0.480 e. The number of hydrogen-bond donors (Lipinski definition) is 2. The van der Waals surface area contributed by atoms with Gasteiger partial charge in [-0.2, -0.15) is 0 Å². The summed E-state index contributed by atoms with van der Waals surface area (Å²) in [5, 5.41) is 8.31. The number of halogens is 2. The molecule has 0 saturated carbocycles. The van der Waals surface area contributed by atoms with Gasteiger partial charge in [-0.1, -0.05) is 13.3 Å². The van der Waals surface area contributed by atoms with E-state index >= 15 is 0 Å². The second kappa shape index (κ2) is 5.11. The smallest absolute Gasteiger partial charge is 0.320 e. The summed E-state index contributed by atoms with van der Waals surface area (Å²) >= 11 is 0. The molecule has 5 heteroatoms.